The summed E-state index contributed by atoms with van der Waals surface area (Å²) in [5, 5.41) is 4.14. The van der Waals surface area contributed by atoms with E-state index in [1.807, 2.05) is 31.4 Å². The molecule has 2 N–H and O–H groups in total. The van der Waals surface area contributed by atoms with E-state index in [1.54, 1.807) is 4.68 Å². The lowest BCUT2D eigenvalue weighted by atomic mass is 10.1. The minimum atomic E-state index is 0.278. The normalized spacial score (nSPS) is 15.5. The number of hydrogen-bond acceptors (Lipinski definition) is 4. The van der Waals surface area contributed by atoms with Gasteiger partial charge in [0.25, 0.3) is 0 Å². The van der Waals surface area contributed by atoms with Crippen LogP contribution in [0.25, 0.3) is 0 Å². The zero-order valence-electron chi connectivity index (χ0n) is 11.0. The first kappa shape index (κ1) is 12.0. The number of rotatable bonds is 4. The molecule has 1 aromatic carbocycles. The lowest BCUT2D eigenvalue weighted by Gasteiger charge is -2.40. The molecule has 2 heterocycles. The van der Waals surface area contributed by atoms with Gasteiger partial charge in [-0.25, -0.2) is 0 Å². The highest BCUT2D eigenvalue weighted by Crippen LogP contribution is 2.27. The van der Waals surface area contributed by atoms with Crippen molar-refractivity contribution in [3.63, 3.8) is 0 Å². The first-order valence-corrected chi connectivity index (χ1v) is 6.42. The van der Waals surface area contributed by atoms with Crippen LogP contribution in [0.4, 0.5) is 11.5 Å². The van der Waals surface area contributed by atoms with Gasteiger partial charge in [0.2, 0.25) is 0 Å². The topological polar surface area (TPSA) is 56.3 Å². The molecule has 0 bridgehead atoms. The second-order valence-corrected chi connectivity index (χ2v) is 4.90. The summed E-state index contributed by atoms with van der Waals surface area (Å²) in [5.41, 5.74) is 8.06. The van der Waals surface area contributed by atoms with Crippen molar-refractivity contribution in [3.05, 3.63) is 42.1 Å². The molecule has 1 aromatic heterocycles. The standard InChI is InChI=1S/C14H18N4O/c1-17-9-13(14(15)16-17)18-7-12(8-18)19-10-11-5-3-2-4-6-11/h2-6,9,12H,7-8,10H2,1H3,(H2,15,16). The molecule has 19 heavy (non-hydrogen) atoms. The zero-order valence-corrected chi connectivity index (χ0v) is 11.0. The highest BCUT2D eigenvalue weighted by molar-refractivity contribution is 5.63. The molecular weight excluding hydrogens is 240 g/mol. The maximum Gasteiger partial charge on any atom is 0.169 e. The molecule has 0 aliphatic carbocycles. The number of benzene rings is 1. The Kier molecular flexibility index (Phi) is 3.13. The third-order valence-corrected chi connectivity index (χ3v) is 3.35. The number of ether oxygens (including phenoxy) is 1. The summed E-state index contributed by atoms with van der Waals surface area (Å²) < 4.78 is 7.59. The van der Waals surface area contributed by atoms with E-state index in [0.717, 1.165) is 18.8 Å². The number of hydrogen-bond donors (Lipinski definition) is 1. The van der Waals surface area contributed by atoms with E-state index in [1.165, 1.54) is 5.56 Å². The van der Waals surface area contributed by atoms with Crippen LogP contribution in [-0.2, 0) is 18.4 Å². The lowest BCUT2D eigenvalue weighted by Crippen LogP contribution is -2.52. The van der Waals surface area contributed by atoms with Crippen LogP contribution in [0.3, 0.4) is 0 Å². The van der Waals surface area contributed by atoms with Gasteiger partial charge in [0.15, 0.2) is 5.82 Å². The van der Waals surface area contributed by atoms with E-state index < -0.39 is 0 Å². The van der Waals surface area contributed by atoms with E-state index in [9.17, 15) is 0 Å². The van der Waals surface area contributed by atoms with Crippen LogP contribution in [0.1, 0.15) is 5.56 Å². The van der Waals surface area contributed by atoms with Gasteiger partial charge in [0, 0.05) is 20.1 Å². The molecular formula is C14H18N4O. The molecule has 0 saturated carbocycles. The predicted octanol–water partition coefficient (Wildman–Crippen LogP) is 1.41. The molecule has 100 valence electrons. The highest BCUT2D eigenvalue weighted by Gasteiger charge is 2.29. The summed E-state index contributed by atoms with van der Waals surface area (Å²) >= 11 is 0. The molecule has 1 aliphatic rings. The molecule has 1 saturated heterocycles. The van der Waals surface area contributed by atoms with Crippen molar-refractivity contribution in [3.8, 4) is 0 Å². The van der Waals surface area contributed by atoms with Gasteiger partial charge >= 0.3 is 0 Å². The molecule has 0 atom stereocenters. The number of nitrogen functional groups attached to an aromatic ring is 1. The highest BCUT2D eigenvalue weighted by atomic mass is 16.5. The second-order valence-electron chi connectivity index (χ2n) is 4.90. The number of nitrogens with zero attached hydrogens (tertiary/aromatic N) is 3. The quantitative estimate of drug-likeness (QED) is 0.901. The minimum Gasteiger partial charge on any atom is -0.380 e. The third-order valence-electron chi connectivity index (χ3n) is 3.35. The van der Waals surface area contributed by atoms with E-state index in [2.05, 4.69) is 22.1 Å². The summed E-state index contributed by atoms with van der Waals surface area (Å²) in [7, 11) is 1.88. The van der Waals surface area contributed by atoms with Crippen LogP contribution in [-0.4, -0.2) is 29.0 Å². The van der Waals surface area contributed by atoms with Gasteiger partial charge in [-0.05, 0) is 5.56 Å². The fourth-order valence-electron chi connectivity index (χ4n) is 2.27. The number of anilines is 2. The monoisotopic (exact) mass is 258 g/mol. The number of aromatic nitrogens is 2. The Morgan fingerprint density at radius 3 is 2.68 bits per heavy atom. The van der Waals surface area contributed by atoms with Crippen molar-refractivity contribution in [2.75, 3.05) is 23.7 Å². The maximum absolute atomic E-state index is 5.85. The number of nitrogens with two attached hydrogens (primary N) is 1. The molecule has 1 aliphatic heterocycles. The Morgan fingerprint density at radius 1 is 1.32 bits per heavy atom. The van der Waals surface area contributed by atoms with Gasteiger partial charge in [-0.3, -0.25) is 4.68 Å². The first-order chi connectivity index (χ1) is 9.22. The van der Waals surface area contributed by atoms with Crippen LogP contribution in [0, 0.1) is 0 Å². The molecule has 2 aromatic rings. The summed E-state index contributed by atoms with van der Waals surface area (Å²) in [6.45, 7) is 2.42. The van der Waals surface area contributed by atoms with Gasteiger partial charge < -0.3 is 15.4 Å². The van der Waals surface area contributed by atoms with Crippen LogP contribution in [0.15, 0.2) is 36.5 Å². The molecule has 3 rings (SSSR count). The van der Waals surface area contributed by atoms with Crippen molar-refractivity contribution in [2.45, 2.75) is 12.7 Å². The summed E-state index contributed by atoms with van der Waals surface area (Å²) in [4.78, 5) is 2.19. The molecule has 0 unspecified atom stereocenters. The van der Waals surface area contributed by atoms with Crippen LogP contribution >= 0.6 is 0 Å². The van der Waals surface area contributed by atoms with E-state index in [-0.39, 0.29) is 6.10 Å². The van der Waals surface area contributed by atoms with Crippen LogP contribution in [0.5, 0.6) is 0 Å². The van der Waals surface area contributed by atoms with E-state index >= 15 is 0 Å². The first-order valence-electron chi connectivity index (χ1n) is 6.42. The molecule has 1 fully saturated rings. The van der Waals surface area contributed by atoms with Crippen LogP contribution < -0.4 is 10.6 Å². The summed E-state index contributed by atoms with van der Waals surface area (Å²) in [6, 6.07) is 10.2. The van der Waals surface area contributed by atoms with Crippen molar-refractivity contribution in [1.82, 2.24) is 9.78 Å². The van der Waals surface area contributed by atoms with Gasteiger partial charge in [-0.2, -0.15) is 5.10 Å². The Balaban J connectivity index is 1.49. The third kappa shape index (κ3) is 2.56. The van der Waals surface area contributed by atoms with Crippen molar-refractivity contribution in [1.29, 1.82) is 0 Å². The predicted molar refractivity (Wildman–Crippen MR) is 74.9 cm³/mol. The molecule has 5 heteroatoms. The minimum absolute atomic E-state index is 0.278. The Labute approximate surface area is 112 Å². The number of aryl methyl sites for hydroxylation is 1. The van der Waals surface area contributed by atoms with Crippen molar-refractivity contribution < 1.29 is 4.74 Å². The zero-order chi connectivity index (χ0) is 13.2. The maximum atomic E-state index is 5.85. The molecule has 0 amide bonds. The average molecular weight is 258 g/mol. The van der Waals surface area contributed by atoms with E-state index in [0.29, 0.717) is 12.4 Å². The van der Waals surface area contributed by atoms with Crippen LogP contribution in [0.2, 0.25) is 0 Å². The van der Waals surface area contributed by atoms with Crippen molar-refractivity contribution in [2.24, 2.45) is 7.05 Å². The van der Waals surface area contributed by atoms with Gasteiger partial charge in [-0.1, -0.05) is 30.3 Å². The lowest BCUT2D eigenvalue weighted by molar-refractivity contribution is 0.0225. The largest absolute Gasteiger partial charge is 0.380 e. The van der Waals surface area contributed by atoms with Crippen molar-refractivity contribution >= 4 is 11.5 Å². The fourth-order valence-corrected chi connectivity index (χ4v) is 2.27. The van der Waals surface area contributed by atoms with E-state index in [4.69, 9.17) is 10.5 Å². The second kappa shape index (κ2) is 4.93. The summed E-state index contributed by atoms with van der Waals surface area (Å²) in [6.07, 6.45) is 2.22. The van der Waals surface area contributed by atoms with Gasteiger partial charge in [0.05, 0.1) is 24.6 Å². The Bertz CT molecular complexity index is 546. The smallest absolute Gasteiger partial charge is 0.169 e. The molecule has 0 spiro atoms. The fraction of sp³-hybridized carbons (Fsp3) is 0.357. The molecule has 0 radical (unpaired) electrons. The SMILES string of the molecule is Cn1cc(N2CC(OCc3ccccc3)C2)c(N)n1. The Morgan fingerprint density at radius 2 is 2.05 bits per heavy atom. The molecule has 5 nitrogen and oxygen atoms in total. The summed E-state index contributed by atoms with van der Waals surface area (Å²) in [5.74, 6) is 0.587. The van der Waals surface area contributed by atoms with Gasteiger partial charge in [0.1, 0.15) is 0 Å². The Hall–Kier alpha value is -2.01. The average Bonchev–Trinajstić information content (AvgIpc) is 2.68. The van der Waals surface area contributed by atoms with Gasteiger partial charge in [-0.15, -0.1) is 0 Å².